The molecule has 0 fully saturated rings. The van der Waals surface area contributed by atoms with Crippen LogP contribution in [0, 0.1) is 0 Å². The lowest BCUT2D eigenvalue weighted by Crippen LogP contribution is -2.44. The first-order chi connectivity index (χ1) is 13.8. The number of hydrogen-bond acceptors (Lipinski definition) is 7. The van der Waals surface area contributed by atoms with Crippen molar-refractivity contribution in [3.8, 4) is 17.2 Å². The van der Waals surface area contributed by atoms with E-state index in [0.29, 0.717) is 17.5 Å². The molecule has 0 amide bonds. The Morgan fingerprint density at radius 1 is 0.966 bits per heavy atom. The van der Waals surface area contributed by atoms with Crippen molar-refractivity contribution in [3.63, 3.8) is 0 Å². The molecule has 7 nitrogen and oxygen atoms in total. The van der Waals surface area contributed by atoms with E-state index in [9.17, 15) is 24.9 Å². The molecule has 29 heavy (non-hydrogen) atoms. The van der Waals surface area contributed by atoms with E-state index in [1.54, 1.807) is 0 Å². The molecular formula is C22H18O7. The molecule has 0 aliphatic carbocycles. The van der Waals surface area contributed by atoms with E-state index in [1.165, 1.54) is 18.2 Å². The van der Waals surface area contributed by atoms with Crippen molar-refractivity contribution >= 4 is 5.78 Å². The van der Waals surface area contributed by atoms with Crippen molar-refractivity contribution in [2.75, 3.05) is 0 Å². The van der Waals surface area contributed by atoms with Crippen LogP contribution in [0.2, 0.25) is 0 Å². The number of aromatic hydroxyl groups is 2. The topological polar surface area (TPSA) is 117 Å². The molecule has 3 N–H and O–H groups in total. The number of rotatable bonds is 4. The summed E-state index contributed by atoms with van der Waals surface area (Å²) in [6.45, 7) is 0. The van der Waals surface area contributed by atoms with E-state index < -0.39 is 11.4 Å². The molecule has 3 aromatic rings. The number of ketones is 1. The fourth-order valence-electron chi connectivity index (χ4n) is 3.56. The Bertz CT molecular complexity index is 1130. The molecule has 1 unspecified atom stereocenters. The summed E-state index contributed by atoms with van der Waals surface area (Å²) in [6.07, 6.45) is -0.288. The maximum Gasteiger partial charge on any atom is 0.339 e. The quantitative estimate of drug-likeness (QED) is 0.622. The number of fused-ring (bicyclic) bond motifs is 1. The van der Waals surface area contributed by atoms with E-state index in [-0.39, 0.29) is 41.6 Å². The van der Waals surface area contributed by atoms with Crippen LogP contribution in [-0.4, -0.2) is 26.9 Å². The predicted octanol–water partition coefficient (Wildman–Crippen LogP) is 2.54. The summed E-state index contributed by atoms with van der Waals surface area (Å²) in [6, 6.07) is 14.3. The maximum atomic E-state index is 12.9. The number of Topliss-reactive ketones (excluding diaryl/α,β-unsaturated/α-hetero) is 1. The Labute approximate surface area is 165 Å². The van der Waals surface area contributed by atoms with Gasteiger partial charge in [0.2, 0.25) is 5.79 Å². The Balaban J connectivity index is 1.68. The zero-order chi connectivity index (χ0) is 20.6. The number of benzene rings is 2. The van der Waals surface area contributed by atoms with Gasteiger partial charge in [0.25, 0.3) is 0 Å². The third kappa shape index (κ3) is 4.00. The van der Waals surface area contributed by atoms with Crippen LogP contribution >= 0.6 is 0 Å². The summed E-state index contributed by atoms with van der Waals surface area (Å²) in [5.74, 6) is -2.73. The number of ether oxygens (including phenoxy) is 1. The summed E-state index contributed by atoms with van der Waals surface area (Å²) in [5, 5.41) is 30.5. The molecule has 0 spiro atoms. The van der Waals surface area contributed by atoms with Gasteiger partial charge in [0, 0.05) is 12.1 Å². The molecule has 0 saturated carbocycles. The van der Waals surface area contributed by atoms with Crippen LogP contribution in [0.3, 0.4) is 0 Å². The minimum absolute atomic E-state index is 0.0292. The van der Waals surface area contributed by atoms with Crippen LogP contribution in [0.15, 0.2) is 63.8 Å². The molecule has 7 heteroatoms. The second-order valence-electron chi connectivity index (χ2n) is 7.07. The van der Waals surface area contributed by atoms with E-state index in [1.807, 2.05) is 30.3 Å². The largest absolute Gasteiger partial charge is 0.508 e. The van der Waals surface area contributed by atoms with Gasteiger partial charge in [-0.15, -0.1) is 0 Å². The van der Waals surface area contributed by atoms with E-state index >= 15 is 0 Å². The highest BCUT2D eigenvalue weighted by Crippen LogP contribution is 2.39. The SMILES string of the molecule is O=C1CC(O)(Cc2cc(O)cc(=O)o2)Oc2cc(O)cc(Cc3ccccc3)c21. The third-order valence-electron chi connectivity index (χ3n) is 4.68. The van der Waals surface area contributed by atoms with Crippen LogP contribution in [0.5, 0.6) is 17.2 Å². The zero-order valence-corrected chi connectivity index (χ0v) is 15.3. The lowest BCUT2D eigenvalue weighted by Gasteiger charge is -2.33. The smallest absolute Gasteiger partial charge is 0.339 e. The first-order valence-electron chi connectivity index (χ1n) is 8.99. The number of hydrogen-bond donors (Lipinski definition) is 3. The molecule has 2 heterocycles. The standard InChI is InChI=1S/C22H18O7/c23-15-7-14(6-13-4-2-1-3-5-13)21-18(25)12-22(27,29-19(21)9-15)11-17-8-16(24)10-20(26)28-17/h1-5,7-10,23-24,27H,6,11-12H2. The summed E-state index contributed by atoms with van der Waals surface area (Å²) in [7, 11) is 0. The van der Waals surface area contributed by atoms with Gasteiger partial charge in [0.1, 0.15) is 23.0 Å². The molecule has 148 valence electrons. The molecule has 1 aliphatic rings. The van der Waals surface area contributed by atoms with Gasteiger partial charge in [-0.2, -0.15) is 0 Å². The van der Waals surface area contributed by atoms with E-state index in [2.05, 4.69) is 0 Å². The highest BCUT2D eigenvalue weighted by Gasteiger charge is 2.41. The van der Waals surface area contributed by atoms with Crippen LogP contribution in [-0.2, 0) is 12.8 Å². The monoisotopic (exact) mass is 394 g/mol. The van der Waals surface area contributed by atoms with Crippen LogP contribution in [0.25, 0.3) is 0 Å². The summed E-state index contributed by atoms with van der Waals surface area (Å²) in [4.78, 5) is 24.3. The number of carbonyl (C=O) groups excluding carboxylic acids is 1. The molecule has 0 saturated heterocycles. The van der Waals surface area contributed by atoms with Crippen LogP contribution < -0.4 is 10.4 Å². The molecule has 2 aromatic carbocycles. The van der Waals surface area contributed by atoms with Gasteiger partial charge in [-0.05, 0) is 23.6 Å². The highest BCUT2D eigenvalue weighted by atomic mass is 16.6. The minimum atomic E-state index is -1.98. The van der Waals surface area contributed by atoms with Gasteiger partial charge in [0.15, 0.2) is 5.78 Å². The van der Waals surface area contributed by atoms with Crippen LogP contribution in [0.4, 0.5) is 0 Å². The second-order valence-corrected chi connectivity index (χ2v) is 7.07. The number of aliphatic hydroxyl groups is 1. The first kappa shape index (κ1) is 18.8. The first-order valence-corrected chi connectivity index (χ1v) is 8.99. The molecule has 0 bridgehead atoms. The van der Waals surface area contributed by atoms with Crippen molar-refractivity contribution < 1.29 is 29.3 Å². The molecular weight excluding hydrogens is 376 g/mol. The minimum Gasteiger partial charge on any atom is -0.508 e. The molecule has 1 aliphatic heterocycles. The number of phenols is 1. The average molecular weight is 394 g/mol. The van der Waals surface area contributed by atoms with Gasteiger partial charge >= 0.3 is 5.63 Å². The van der Waals surface area contributed by atoms with Crippen molar-refractivity contribution in [1.29, 1.82) is 0 Å². The fourth-order valence-corrected chi connectivity index (χ4v) is 3.56. The maximum absolute atomic E-state index is 12.9. The molecule has 4 rings (SSSR count). The molecule has 0 radical (unpaired) electrons. The lowest BCUT2D eigenvalue weighted by atomic mass is 9.89. The Morgan fingerprint density at radius 3 is 2.41 bits per heavy atom. The third-order valence-corrected chi connectivity index (χ3v) is 4.68. The summed E-state index contributed by atoms with van der Waals surface area (Å²) in [5.41, 5.74) is 1.06. The Kier molecular flexibility index (Phi) is 4.60. The zero-order valence-electron chi connectivity index (χ0n) is 15.3. The van der Waals surface area contributed by atoms with Gasteiger partial charge in [0.05, 0.1) is 24.5 Å². The summed E-state index contributed by atoms with van der Waals surface area (Å²) >= 11 is 0. The van der Waals surface area contributed by atoms with Gasteiger partial charge in [-0.1, -0.05) is 30.3 Å². The van der Waals surface area contributed by atoms with Crippen molar-refractivity contribution in [1.82, 2.24) is 0 Å². The van der Waals surface area contributed by atoms with Gasteiger partial charge < -0.3 is 24.5 Å². The Morgan fingerprint density at radius 2 is 1.69 bits per heavy atom. The van der Waals surface area contributed by atoms with Crippen molar-refractivity contribution in [3.05, 3.63) is 87.5 Å². The highest BCUT2D eigenvalue weighted by molar-refractivity contribution is 6.02. The fraction of sp³-hybridized carbons (Fsp3) is 0.182. The Hall–Kier alpha value is -3.58. The predicted molar refractivity (Wildman–Crippen MR) is 102 cm³/mol. The van der Waals surface area contributed by atoms with Gasteiger partial charge in [-0.3, -0.25) is 4.79 Å². The number of carbonyl (C=O) groups is 1. The van der Waals surface area contributed by atoms with E-state index in [4.69, 9.17) is 9.15 Å². The number of phenolic OH excluding ortho intramolecular Hbond substituents is 1. The van der Waals surface area contributed by atoms with Crippen molar-refractivity contribution in [2.24, 2.45) is 0 Å². The van der Waals surface area contributed by atoms with Crippen LogP contribution in [0.1, 0.15) is 33.7 Å². The molecule has 1 aromatic heterocycles. The summed E-state index contributed by atoms with van der Waals surface area (Å²) < 4.78 is 10.6. The average Bonchev–Trinajstić information content (AvgIpc) is 2.60. The van der Waals surface area contributed by atoms with E-state index in [0.717, 1.165) is 11.6 Å². The van der Waals surface area contributed by atoms with Crippen molar-refractivity contribution in [2.45, 2.75) is 25.0 Å². The lowest BCUT2D eigenvalue weighted by molar-refractivity contribution is -0.140. The second kappa shape index (κ2) is 7.10. The molecule has 1 atom stereocenters. The normalized spacial score (nSPS) is 18.2. The van der Waals surface area contributed by atoms with Gasteiger partial charge in [-0.25, -0.2) is 4.79 Å².